The summed E-state index contributed by atoms with van der Waals surface area (Å²) in [6, 6.07) is 12.5. The van der Waals surface area contributed by atoms with Gasteiger partial charge in [-0.2, -0.15) is 0 Å². The zero-order chi connectivity index (χ0) is 18.2. The molecule has 1 saturated heterocycles. The average Bonchev–Trinajstić information content (AvgIpc) is 2.75. The lowest BCUT2D eigenvalue weighted by Gasteiger charge is -2.32. The van der Waals surface area contributed by atoms with Gasteiger partial charge in [-0.3, -0.25) is 0 Å². The highest BCUT2D eigenvalue weighted by atomic mass is 79.9. The molecule has 0 radical (unpaired) electrons. The maximum atomic E-state index is 14.0. The minimum Gasteiger partial charge on any atom is -0.486 e. The third-order valence-corrected chi connectivity index (χ3v) is 5.33. The van der Waals surface area contributed by atoms with E-state index in [1.165, 1.54) is 6.07 Å². The van der Waals surface area contributed by atoms with Crippen LogP contribution in [0.5, 0.6) is 5.75 Å². The van der Waals surface area contributed by atoms with Crippen molar-refractivity contribution in [3.63, 3.8) is 0 Å². The van der Waals surface area contributed by atoms with Gasteiger partial charge in [0.1, 0.15) is 6.61 Å². The fraction of sp³-hybridized carbons (Fsp3) is 0.368. The normalized spacial score (nSPS) is 18.4. The maximum Gasteiger partial charge on any atom is 0.495 e. The molecular formula is C19H21BBrFO3. The van der Waals surface area contributed by atoms with Crippen molar-refractivity contribution in [3.05, 3.63) is 58.3 Å². The molecule has 0 aliphatic carbocycles. The molecule has 0 saturated carbocycles. The maximum absolute atomic E-state index is 14.0. The van der Waals surface area contributed by atoms with E-state index in [4.69, 9.17) is 14.0 Å². The molecule has 0 spiro atoms. The smallest absolute Gasteiger partial charge is 0.486 e. The first-order valence-electron chi connectivity index (χ1n) is 8.21. The Hall–Kier alpha value is -1.37. The topological polar surface area (TPSA) is 27.7 Å². The summed E-state index contributed by atoms with van der Waals surface area (Å²) >= 11 is 3.24. The summed E-state index contributed by atoms with van der Waals surface area (Å²) < 4.78 is 32.6. The predicted octanol–water partition coefficient (Wildman–Crippen LogP) is 4.47. The molecule has 1 heterocycles. The zero-order valence-corrected chi connectivity index (χ0v) is 16.4. The van der Waals surface area contributed by atoms with Crippen LogP contribution in [0.25, 0.3) is 0 Å². The molecule has 3 rings (SSSR count). The lowest BCUT2D eigenvalue weighted by Crippen LogP contribution is -2.41. The van der Waals surface area contributed by atoms with Gasteiger partial charge in [0.2, 0.25) is 0 Å². The second-order valence-electron chi connectivity index (χ2n) is 7.15. The van der Waals surface area contributed by atoms with E-state index in [-0.39, 0.29) is 12.4 Å². The number of benzene rings is 2. The third kappa shape index (κ3) is 3.76. The molecule has 0 atom stereocenters. The summed E-state index contributed by atoms with van der Waals surface area (Å²) in [5.41, 5.74) is 0.981. The highest BCUT2D eigenvalue weighted by Gasteiger charge is 2.52. The van der Waals surface area contributed by atoms with Gasteiger partial charge in [-0.1, -0.05) is 40.2 Å². The Morgan fingerprint density at radius 1 is 1.04 bits per heavy atom. The molecule has 25 heavy (non-hydrogen) atoms. The van der Waals surface area contributed by atoms with Crippen LogP contribution in [0.3, 0.4) is 0 Å². The Balaban J connectivity index is 1.80. The van der Waals surface area contributed by atoms with Crippen LogP contribution in [-0.4, -0.2) is 18.3 Å². The van der Waals surface area contributed by atoms with Crippen LogP contribution in [0.4, 0.5) is 4.39 Å². The molecule has 2 aromatic rings. The monoisotopic (exact) mass is 406 g/mol. The standard InChI is InChI=1S/C19H21BBrFO3/c1-18(2)19(3,4)25-20(24-18)15-8-6-5-7-13(15)12-23-17-10-9-14(21)11-16(17)22/h5-11H,12H2,1-4H3. The minimum absolute atomic E-state index is 0.215. The third-order valence-electron chi connectivity index (χ3n) is 4.84. The number of rotatable bonds is 4. The van der Waals surface area contributed by atoms with Crippen LogP contribution in [0.15, 0.2) is 46.9 Å². The van der Waals surface area contributed by atoms with Gasteiger partial charge in [0, 0.05) is 4.47 Å². The molecule has 0 amide bonds. The van der Waals surface area contributed by atoms with Crippen LogP contribution < -0.4 is 10.2 Å². The van der Waals surface area contributed by atoms with Crippen molar-refractivity contribution in [2.45, 2.75) is 45.5 Å². The lowest BCUT2D eigenvalue weighted by molar-refractivity contribution is 0.00578. The summed E-state index contributed by atoms with van der Waals surface area (Å²) in [4.78, 5) is 0. The quantitative estimate of drug-likeness (QED) is 0.701. The van der Waals surface area contributed by atoms with Gasteiger partial charge in [0.25, 0.3) is 0 Å². The van der Waals surface area contributed by atoms with E-state index in [0.29, 0.717) is 4.47 Å². The summed E-state index contributed by atoms with van der Waals surface area (Å²) in [5, 5.41) is 0. The van der Waals surface area contributed by atoms with Crippen LogP contribution in [0, 0.1) is 5.82 Å². The Labute approximate surface area is 156 Å². The summed E-state index contributed by atoms with van der Waals surface area (Å²) in [6.45, 7) is 8.30. The molecular weight excluding hydrogens is 386 g/mol. The van der Waals surface area contributed by atoms with Gasteiger partial charge in [-0.25, -0.2) is 4.39 Å². The second kappa shape index (κ2) is 6.74. The van der Waals surface area contributed by atoms with Crippen molar-refractivity contribution < 1.29 is 18.4 Å². The predicted molar refractivity (Wildman–Crippen MR) is 101 cm³/mol. The average molecular weight is 407 g/mol. The number of halogens is 2. The van der Waals surface area contributed by atoms with Crippen LogP contribution in [0.1, 0.15) is 33.3 Å². The molecule has 2 aromatic carbocycles. The molecule has 0 bridgehead atoms. The van der Waals surface area contributed by atoms with E-state index in [1.54, 1.807) is 12.1 Å². The second-order valence-corrected chi connectivity index (χ2v) is 8.07. The van der Waals surface area contributed by atoms with Gasteiger partial charge in [0.15, 0.2) is 11.6 Å². The largest absolute Gasteiger partial charge is 0.495 e. The Morgan fingerprint density at radius 3 is 2.32 bits per heavy atom. The highest BCUT2D eigenvalue weighted by Crippen LogP contribution is 2.36. The summed E-state index contributed by atoms with van der Waals surface area (Å²) in [5.74, 6) is -0.186. The molecule has 6 heteroatoms. The summed E-state index contributed by atoms with van der Waals surface area (Å²) in [7, 11) is -0.473. The SMILES string of the molecule is CC1(C)OB(c2ccccc2COc2ccc(Br)cc2F)OC1(C)C. The molecule has 1 aliphatic rings. The Kier molecular flexibility index (Phi) is 4.97. The van der Waals surface area contributed by atoms with Gasteiger partial charge in [0.05, 0.1) is 11.2 Å². The fourth-order valence-corrected chi connectivity index (χ4v) is 2.95. The molecule has 1 aliphatic heterocycles. The van der Waals surface area contributed by atoms with Crippen molar-refractivity contribution >= 4 is 28.5 Å². The van der Waals surface area contributed by atoms with Crippen LogP contribution in [0.2, 0.25) is 0 Å². The Bertz CT molecular complexity index is 763. The van der Waals surface area contributed by atoms with E-state index < -0.39 is 24.1 Å². The first kappa shape index (κ1) is 18.4. The number of ether oxygens (including phenoxy) is 1. The van der Waals surface area contributed by atoms with Gasteiger partial charge < -0.3 is 14.0 Å². The minimum atomic E-state index is -0.473. The summed E-state index contributed by atoms with van der Waals surface area (Å²) in [6.07, 6.45) is 0. The van der Waals surface area contributed by atoms with Crippen LogP contribution in [-0.2, 0) is 15.9 Å². The number of hydrogen-bond acceptors (Lipinski definition) is 3. The molecule has 0 N–H and O–H groups in total. The zero-order valence-electron chi connectivity index (χ0n) is 14.8. The van der Waals surface area contributed by atoms with Crippen molar-refractivity contribution in [3.8, 4) is 5.75 Å². The molecule has 132 valence electrons. The number of hydrogen-bond donors (Lipinski definition) is 0. The van der Waals surface area contributed by atoms with Crippen molar-refractivity contribution in [1.29, 1.82) is 0 Å². The van der Waals surface area contributed by atoms with Crippen molar-refractivity contribution in [1.82, 2.24) is 0 Å². The van der Waals surface area contributed by atoms with E-state index in [9.17, 15) is 4.39 Å². The highest BCUT2D eigenvalue weighted by molar-refractivity contribution is 9.10. The van der Waals surface area contributed by atoms with E-state index in [0.717, 1.165) is 11.0 Å². The van der Waals surface area contributed by atoms with Gasteiger partial charge in [-0.05, 0) is 56.9 Å². The molecule has 1 fully saturated rings. The van der Waals surface area contributed by atoms with E-state index >= 15 is 0 Å². The van der Waals surface area contributed by atoms with Crippen molar-refractivity contribution in [2.24, 2.45) is 0 Å². The first-order valence-corrected chi connectivity index (χ1v) is 9.00. The molecule has 0 aromatic heterocycles. The first-order chi connectivity index (χ1) is 11.7. The van der Waals surface area contributed by atoms with Gasteiger partial charge in [-0.15, -0.1) is 0 Å². The molecule has 3 nitrogen and oxygen atoms in total. The Morgan fingerprint density at radius 2 is 1.68 bits per heavy atom. The molecule has 0 unspecified atom stereocenters. The van der Waals surface area contributed by atoms with Crippen LogP contribution >= 0.6 is 15.9 Å². The lowest BCUT2D eigenvalue weighted by atomic mass is 9.76. The van der Waals surface area contributed by atoms with Gasteiger partial charge >= 0.3 is 7.12 Å². The van der Waals surface area contributed by atoms with Crippen molar-refractivity contribution in [2.75, 3.05) is 0 Å². The van der Waals surface area contributed by atoms with E-state index in [1.807, 2.05) is 52.0 Å². The van der Waals surface area contributed by atoms with E-state index in [2.05, 4.69) is 15.9 Å². The fourth-order valence-electron chi connectivity index (χ4n) is 2.61.